The Morgan fingerprint density at radius 3 is 2.87 bits per heavy atom. The van der Waals surface area contributed by atoms with E-state index in [9.17, 15) is 4.79 Å². The Morgan fingerprint density at radius 2 is 2.27 bits per heavy atom. The Bertz CT molecular complexity index is 408. The Morgan fingerprint density at radius 1 is 1.60 bits per heavy atom. The Hall–Kier alpha value is -0.450. The topological polar surface area (TPSA) is 29.1 Å². The molecule has 0 bridgehead atoms. The molecular formula is C10H9BrClNOS. The number of hydrogen-bond acceptors (Lipinski definition) is 2. The molecule has 80 valence electrons. The predicted molar refractivity (Wildman–Crippen MR) is 68.7 cm³/mol. The van der Waals surface area contributed by atoms with Crippen LogP contribution >= 0.6 is 40.2 Å². The van der Waals surface area contributed by atoms with Crippen LogP contribution in [0.2, 0.25) is 0 Å². The van der Waals surface area contributed by atoms with Crippen LogP contribution in [0.15, 0.2) is 39.2 Å². The lowest BCUT2D eigenvalue weighted by Gasteiger charge is -2.06. The second-order valence-electron chi connectivity index (χ2n) is 2.86. The molecule has 1 N–H and O–H groups in total. The fourth-order valence-corrected chi connectivity index (χ4v) is 1.66. The molecule has 0 radical (unpaired) electrons. The average Bonchev–Trinajstić information content (AvgIpc) is 2.18. The molecule has 1 aromatic rings. The molecule has 1 aromatic carbocycles. The molecule has 0 aliphatic heterocycles. The number of carbonyl (C=O) groups is 1. The SMILES string of the molecule is C=C(Cl)CNC(=O)c1cc(S)ccc1Br. The van der Waals surface area contributed by atoms with Crippen LogP contribution in [0, 0.1) is 0 Å². The first-order valence-electron chi connectivity index (χ1n) is 4.10. The van der Waals surface area contributed by atoms with Gasteiger partial charge in [-0.2, -0.15) is 0 Å². The molecule has 0 unspecified atom stereocenters. The van der Waals surface area contributed by atoms with Crippen molar-refractivity contribution in [1.29, 1.82) is 0 Å². The minimum absolute atomic E-state index is 0.209. The largest absolute Gasteiger partial charge is 0.347 e. The molecule has 0 saturated carbocycles. The van der Waals surface area contributed by atoms with E-state index in [4.69, 9.17) is 11.6 Å². The maximum Gasteiger partial charge on any atom is 0.252 e. The van der Waals surface area contributed by atoms with Crippen molar-refractivity contribution in [3.8, 4) is 0 Å². The number of nitrogens with one attached hydrogen (secondary N) is 1. The molecule has 2 nitrogen and oxygen atoms in total. The van der Waals surface area contributed by atoms with Crippen molar-refractivity contribution in [2.45, 2.75) is 4.90 Å². The maximum atomic E-state index is 11.6. The van der Waals surface area contributed by atoms with E-state index in [0.717, 1.165) is 9.37 Å². The number of halogens is 2. The summed E-state index contributed by atoms with van der Waals surface area (Å²) in [4.78, 5) is 12.4. The van der Waals surface area contributed by atoms with Crippen LogP contribution in [0.4, 0.5) is 0 Å². The normalized spacial score (nSPS) is 9.80. The van der Waals surface area contributed by atoms with Crippen molar-refractivity contribution in [1.82, 2.24) is 5.32 Å². The van der Waals surface area contributed by atoms with E-state index in [1.807, 2.05) is 0 Å². The zero-order valence-electron chi connectivity index (χ0n) is 7.76. The predicted octanol–water partition coefficient (Wildman–Crippen LogP) is 3.22. The standard InChI is InChI=1S/C10H9BrClNOS/c1-6(12)5-13-10(14)8-4-7(15)2-3-9(8)11/h2-4,15H,1,5H2,(H,13,14). The third-order valence-corrected chi connectivity index (χ3v) is 2.74. The van der Waals surface area contributed by atoms with E-state index < -0.39 is 0 Å². The zero-order valence-corrected chi connectivity index (χ0v) is 11.0. The number of hydrogen-bond donors (Lipinski definition) is 2. The van der Waals surface area contributed by atoms with E-state index in [0.29, 0.717) is 10.6 Å². The lowest BCUT2D eigenvalue weighted by molar-refractivity contribution is 0.0956. The molecular weight excluding hydrogens is 298 g/mol. The van der Waals surface area contributed by atoms with Crippen molar-refractivity contribution < 1.29 is 4.79 Å². The third-order valence-electron chi connectivity index (χ3n) is 1.64. The number of carbonyl (C=O) groups excluding carboxylic acids is 1. The van der Waals surface area contributed by atoms with Crippen molar-refractivity contribution >= 4 is 46.1 Å². The highest BCUT2D eigenvalue weighted by molar-refractivity contribution is 9.10. The van der Waals surface area contributed by atoms with Gasteiger partial charge in [0, 0.05) is 14.4 Å². The minimum atomic E-state index is -0.209. The van der Waals surface area contributed by atoms with E-state index in [1.54, 1.807) is 18.2 Å². The first kappa shape index (κ1) is 12.6. The molecule has 0 spiro atoms. The fraction of sp³-hybridized carbons (Fsp3) is 0.100. The summed E-state index contributed by atoms with van der Waals surface area (Å²) >= 11 is 13.0. The summed E-state index contributed by atoms with van der Waals surface area (Å²) < 4.78 is 0.720. The van der Waals surface area contributed by atoms with Crippen LogP contribution in [0.5, 0.6) is 0 Å². The third kappa shape index (κ3) is 3.89. The van der Waals surface area contributed by atoms with Gasteiger partial charge < -0.3 is 5.32 Å². The molecule has 0 saturated heterocycles. The van der Waals surface area contributed by atoms with Crippen LogP contribution < -0.4 is 5.32 Å². The Balaban J connectivity index is 2.81. The molecule has 0 fully saturated rings. The van der Waals surface area contributed by atoms with Gasteiger partial charge in [-0.05, 0) is 34.1 Å². The van der Waals surface area contributed by atoms with Gasteiger partial charge in [-0.1, -0.05) is 18.2 Å². The average molecular weight is 307 g/mol. The molecule has 0 heterocycles. The van der Waals surface area contributed by atoms with Crippen LogP contribution in [0.25, 0.3) is 0 Å². The summed E-state index contributed by atoms with van der Waals surface area (Å²) in [6, 6.07) is 5.25. The van der Waals surface area contributed by atoms with Gasteiger partial charge in [0.05, 0.1) is 12.1 Å². The molecule has 5 heteroatoms. The second-order valence-corrected chi connectivity index (χ2v) is 4.77. The minimum Gasteiger partial charge on any atom is -0.347 e. The van der Waals surface area contributed by atoms with Gasteiger partial charge in [-0.15, -0.1) is 12.6 Å². The van der Waals surface area contributed by atoms with Crippen molar-refractivity contribution in [2.75, 3.05) is 6.54 Å². The van der Waals surface area contributed by atoms with Crippen LogP contribution in [0.3, 0.4) is 0 Å². The van der Waals surface area contributed by atoms with E-state index in [-0.39, 0.29) is 12.5 Å². The summed E-state index contributed by atoms with van der Waals surface area (Å²) in [6.07, 6.45) is 0. The molecule has 0 aliphatic carbocycles. The molecule has 0 atom stereocenters. The first-order valence-corrected chi connectivity index (χ1v) is 5.72. The maximum absolute atomic E-state index is 11.6. The monoisotopic (exact) mass is 305 g/mol. The van der Waals surface area contributed by atoms with Gasteiger partial charge >= 0.3 is 0 Å². The summed E-state index contributed by atoms with van der Waals surface area (Å²) in [7, 11) is 0. The fourth-order valence-electron chi connectivity index (χ4n) is 0.959. The van der Waals surface area contributed by atoms with E-state index in [2.05, 4.69) is 40.5 Å². The van der Waals surface area contributed by atoms with Crippen molar-refractivity contribution in [3.63, 3.8) is 0 Å². The summed E-state index contributed by atoms with van der Waals surface area (Å²) in [5.74, 6) is -0.209. The molecule has 1 rings (SSSR count). The lowest BCUT2D eigenvalue weighted by Crippen LogP contribution is -2.24. The lowest BCUT2D eigenvalue weighted by atomic mass is 10.2. The highest BCUT2D eigenvalue weighted by atomic mass is 79.9. The van der Waals surface area contributed by atoms with Gasteiger partial charge in [0.15, 0.2) is 0 Å². The number of rotatable bonds is 3. The highest BCUT2D eigenvalue weighted by Crippen LogP contribution is 2.20. The highest BCUT2D eigenvalue weighted by Gasteiger charge is 2.09. The van der Waals surface area contributed by atoms with Gasteiger partial charge in [0.1, 0.15) is 0 Å². The molecule has 1 amide bonds. The number of amides is 1. The number of thiol groups is 1. The van der Waals surface area contributed by atoms with Crippen LogP contribution in [-0.4, -0.2) is 12.5 Å². The molecule has 0 aliphatic rings. The zero-order chi connectivity index (χ0) is 11.4. The van der Waals surface area contributed by atoms with Gasteiger partial charge in [0.25, 0.3) is 5.91 Å². The van der Waals surface area contributed by atoms with E-state index >= 15 is 0 Å². The summed E-state index contributed by atoms with van der Waals surface area (Å²) in [5.41, 5.74) is 0.528. The van der Waals surface area contributed by atoms with Gasteiger partial charge in [-0.3, -0.25) is 4.79 Å². The molecule has 0 aromatic heterocycles. The number of benzene rings is 1. The Kier molecular flexibility index (Phi) is 4.70. The summed E-state index contributed by atoms with van der Waals surface area (Å²) in [6.45, 7) is 3.74. The van der Waals surface area contributed by atoms with Crippen molar-refractivity contribution in [2.24, 2.45) is 0 Å². The van der Waals surface area contributed by atoms with Gasteiger partial charge in [-0.25, -0.2) is 0 Å². The van der Waals surface area contributed by atoms with Crippen molar-refractivity contribution in [3.05, 3.63) is 39.8 Å². The second kappa shape index (κ2) is 5.58. The van der Waals surface area contributed by atoms with Crippen LogP contribution in [0.1, 0.15) is 10.4 Å². The van der Waals surface area contributed by atoms with E-state index in [1.165, 1.54) is 0 Å². The smallest absolute Gasteiger partial charge is 0.252 e. The van der Waals surface area contributed by atoms with Crippen LogP contribution in [-0.2, 0) is 0 Å². The molecule has 15 heavy (non-hydrogen) atoms. The first-order chi connectivity index (χ1) is 7.00. The van der Waals surface area contributed by atoms with Gasteiger partial charge in [0.2, 0.25) is 0 Å². The summed E-state index contributed by atoms with van der Waals surface area (Å²) in [5, 5.41) is 3.02. The Labute approximate surface area is 107 Å². The quantitative estimate of drug-likeness (QED) is 0.825.